The number of nitrogens with one attached hydrogen (secondary N) is 1. The van der Waals surface area contributed by atoms with Crippen molar-refractivity contribution in [3.63, 3.8) is 0 Å². The van der Waals surface area contributed by atoms with Gasteiger partial charge in [0.05, 0.1) is 25.2 Å². The Morgan fingerprint density at radius 2 is 2.35 bits per heavy atom. The molecule has 1 atom stereocenters. The zero-order valence-corrected chi connectivity index (χ0v) is 9.87. The number of thiophene rings is 1. The second-order valence-electron chi connectivity index (χ2n) is 3.65. The Morgan fingerprint density at radius 1 is 1.41 bits per heavy atom. The van der Waals surface area contributed by atoms with Crippen LogP contribution in [0, 0.1) is 0 Å². The lowest BCUT2D eigenvalue weighted by Gasteiger charge is -2.21. The minimum atomic E-state index is -0.206. The number of hydrazine groups is 1. The fourth-order valence-corrected chi connectivity index (χ4v) is 2.53. The van der Waals surface area contributed by atoms with Gasteiger partial charge in [0.15, 0.2) is 11.6 Å². The molecule has 0 aromatic carbocycles. The summed E-state index contributed by atoms with van der Waals surface area (Å²) in [7, 11) is 0. The summed E-state index contributed by atoms with van der Waals surface area (Å²) in [6.07, 6.45) is -0.206. The molecule has 1 aliphatic rings. The minimum Gasteiger partial charge on any atom is -0.376 e. The van der Waals surface area contributed by atoms with Gasteiger partial charge >= 0.3 is 0 Å². The van der Waals surface area contributed by atoms with Crippen molar-refractivity contribution in [2.75, 3.05) is 25.2 Å². The Hall–Kier alpha value is -1.28. The third-order valence-corrected chi connectivity index (χ3v) is 3.39. The Labute approximate surface area is 102 Å². The van der Waals surface area contributed by atoms with E-state index < -0.39 is 0 Å². The Kier molecular flexibility index (Phi) is 2.89. The van der Waals surface area contributed by atoms with Gasteiger partial charge in [-0.2, -0.15) is 0 Å². The Bertz CT molecular complexity index is 524. The zero-order valence-electron chi connectivity index (χ0n) is 9.05. The first-order valence-electron chi connectivity index (χ1n) is 5.29. The molecule has 3 N–H and O–H groups in total. The maximum atomic E-state index is 5.58. The molecule has 3 heterocycles. The van der Waals surface area contributed by atoms with Crippen LogP contribution in [-0.4, -0.2) is 29.8 Å². The number of nitrogen functional groups attached to an aromatic ring is 1. The highest BCUT2D eigenvalue weighted by Crippen LogP contribution is 2.27. The number of anilines is 1. The average molecular weight is 252 g/mol. The largest absolute Gasteiger partial charge is 0.376 e. The number of rotatable bonds is 2. The van der Waals surface area contributed by atoms with E-state index >= 15 is 0 Å². The number of nitrogens with two attached hydrogens (primary N) is 1. The first-order chi connectivity index (χ1) is 8.38. The van der Waals surface area contributed by atoms with E-state index in [9.17, 15) is 0 Å². The molecule has 1 unspecified atom stereocenters. The number of aromatic nitrogens is 2. The molecule has 6 nitrogen and oxygen atoms in total. The predicted molar refractivity (Wildman–Crippen MR) is 64.7 cm³/mol. The molecule has 0 saturated carbocycles. The number of nitrogens with zero attached hydrogens (tertiary/aromatic N) is 2. The number of fused-ring (bicyclic) bond motifs is 1. The van der Waals surface area contributed by atoms with Crippen LogP contribution >= 0.6 is 11.3 Å². The highest BCUT2D eigenvalue weighted by atomic mass is 32.1. The zero-order chi connectivity index (χ0) is 11.7. The molecule has 90 valence electrons. The van der Waals surface area contributed by atoms with Crippen LogP contribution in [0.1, 0.15) is 11.9 Å². The second-order valence-corrected chi connectivity index (χ2v) is 4.54. The van der Waals surface area contributed by atoms with E-state index in [2.05, 4.69) is 15.4 Å². The van der Waals surface area contributed by atoms with Crippen molar-refractivity contribution in [3.8, 4) is 0 Å². The third-order valence-electron chi connectivity index (χ3n) is 2.58. The molecular weight excluding hydrogens is 240 g/mol. The topological polar surface area (TPSA) is 82.3 Å². The molecule has 7 heteroatoms. The van der Waals surface area contributed by atoms with E-state index in [0.717, 1.165) is 10.2 Å². The van der Waals surface area contributed by atoms with Crippen LogP contribution < -0.4 is 11.3 Å². The lowest BCUT2D eigenvalue weighted by Crippen LogP contribution is -2.24. The molecule has 1 aliphatic heterocycles. The van der Waals surface area contributed by atoms with Crippen LogP contribution in [0.25, 0.3) is 10.2 Å². The molecule has 0 amide bonds. The lowest BCUT2D eigenvalue weighted by molar-refractivity contribution is -0.0933. The molecule has 1 fully saturated rings. The van der Waals surface area contributed by atoms with Gasteiger partial charge in [-0.15, -0.1) is 11.3 Å². The van der Waals surface area contributed by atoms with E-state index in [1.165, 1.54) is 0 Å². The highest BCUT2D eigenvalue weighted by molar-refractivity contribution is 7.16. The summed E-state index contributed by atoms with van der Waals surface area (Å²) in [5.74, 6) is 6.71. The van der Waals surface area contributed by atoms with Crippen molar-refractivity contribution in [1.82, 2.24) is 9.97 Å². The smallest absolute Gasteiger partial charge is 0.163 e. The molecule has 1 saturated heterocycles. The maximum absolute atomic E-state index is 5.58. The van der Waals surface area contributed by atoms with E-state index in [1.54, 1.807) is 11.3 Å². The summed E-state index contributed by atoms with van der Waals surface area (Å²) in [6, 6.07) is 1.94. The monoisotopic (exact) mass is 252 g/mol. The molecule has 2 aromatic rings. The van der Waals surface area contributed by atoms with Crippen molar-refractivity contribution >= 4 is 27.4 Å². The summed E-state index contributed by atoms with van der Waals surface area (Å²) >= 11 is 1.55. The fraction of sp³-hybridized carbons (Fsp3) is 0.400. The van der Waals surface area contributed by atoms with Crippen molar-refractivity contribution in [2.45, 2.75) is 6.10 Å². The Morgan fingerprint density at radius 3 is 3.12 bits per heavy atom. The van der Waals surface area contributed by atoms with Crippen LogP contribution in [0.4, 0.5) is 5.82 Å². The molecule has 0 bridgehead atoms. The van der Waals surface area contributed by atoms with Gasteiger partial charge in [0.2, 0.25) is 0 Å². The maximum Gasteiger partial charge on any atom is 0.163 e. The molecular formula is C10H12N4O2S. The molecule has 17 heavy (non-hydrogen) atoms. The lowest BCUT2D eigenvalue weighted by atomic mass is 10.3. The molecule has 0 spiro atoms. The Balaban J connectivity index is 2.03. The van der Waals surface area contributed by atoms with Crippen LogP contribution in [0.3, 0.4) is 0 Å². The molecule has 2 aromatic heterocycles. The third kappa shape index (κ3) is 1.98. The minimum absolute atomic E-state index is 0.206. The summed E-state index contributed by atoms with van der Waals surface area (Å²) in [4.78, 5) is 9.74. The van der Waals surface area contributed by atoms with Crippen molar-refractivity contribution in [2.24, 2.45) is 5.84 Å². The molecule has 3 rings (SSSR count). The van der Waals surface area contributed by atoms with Gasteiger partial charge in [-0.1, -0.05) is 0 Å². The van der Waals surface area contributed by atoms with E-state index in [4.69, 9.17) is 15.3 Å². The first kappa shape index (κ1) is 10.8. The van der Waals surface area contributed by atoms with Crippen molar-refractivity contribution in [3.05, 3.63) is 17.3 Å². The quantitative estimate of drug-likeness (QED) is 0.614. The van der Waals surface area contributed by atoms with Gasteiger partial charge in [0, 0.05) is 0 Å². The van der Waals surface area contributed by atoms with Gasteiger partial charge in [-0.25, -0.2) is 15.8 Å². The molecule has 0 aliphatic carbocycles. The number of hydrogen-bond acceptors (Lipinski definition) is 7. The summed E-state index contributed by atoms with van der Waals surface area (Å²) in [5, 5.41) is 2.89. The van der Waals surface area contributed by atoms with Gasteiger partial charge in [-0.3, -0.25) is 0 Å². The second kappa shape index (κ2) is 4.53. The normalized spacial score (nSPS) is 20.6. The van der Waals surface area contributed by atoms with Gasteiger partial charge < -0.3 is 14.9 Å². The summed E-state index contributed by atoms with van der Waals surface area (Å²) < 4.78 is 10.9. The van der Waals surface area contributed by atoms with E-state index in [1.807, 2.05) is 11.4 Å². The predicted octanol–water partition coefficient (Wildman–Crippen LogP) is 1.06. The first-order valence-corrected chi connectivity index (χ1v) is 6.17. The SMILES string of the molecule is NNc1nc(C2COCCO2)nc2sccc12. The fourth-order valence-electron chi connectivity index (χ4n) is 1.76. The molecule has 0 radical (unpaired) electrons. The van der Waals surface area contributed by atoms with Crippen LogP contribution in [-0.2, 0) is 9.47 Å². The number of hydrogen-bond donors (Lipinski definition) is 2. The van der Waals surface area contributed by atoms with Crippen molar-refractivity contribution < 1.29 is 9.47 Å². The van der Waals surface area contributed by atoms with Crippen LogP contribution in [0.15, 0.2) is 11.4 Å². The standard InChI is InChI=1S/C10H12N4O2S/c11-14-8-6-1-4-17-10(6)13-9(12-8)7-5-15-2-3-16-7/h1,4,7H,2-3,5,11H2,(H,12,13,14). The van der Waals surface area contributed by atoms with E-state index in [0.29, 0.717) is 31.5 Å². The highest BCUT2D eigenvalue weighted by Gasteiger charge is 2.21. The summed E-state index contributed by atoms with van der Waals surface area (Å²) in [6.45, 7) is 1.68. The average Bonchev–Trinajstić information content (AvgIpc) is 2.86. The number of ether oxygens (including phenoxy) is 2. The van der Waals surface area contributed by atoms with E-state index in [-0.39, 0.29) is 6.10 Å². The summed E-state index contributed by atoms with van der Waals surface area (Å²) in [5.41, 5.74) is 2.59. The van der Waals surface area contributed by atoms with Gasteiger partial charge in [0.25, 0.3) is 0 Å². The van der Waals surface area contributed by atoms with Crippen LogP contribution in [0.2, 0.25) is 0 Å². The van der Waals surface area contributed by atoms with Gasteiger partial charge in [0.1, 0.15) is 10.9 Å². The van der Waals surface area contributed by atoms with Gasteiger partial charge in [-0.05, 0) is 11.4 Å². The van der Waals surface area contributed by atoms with Crippen LogP contribution in [0.5, 0.6) is 0 Å². The van der Waals surface area contributed by atoms with Crippen molar-refractivity contribution in [1.29, 1.82) is 0 Å².